The largest absolute Gasteiger partial charge is 0.493 e. The smallest absolute Gasteiger partial charge is 0.272 e. The zero-order valence-corrected chi connectivity index (χ0v) is 6.96. The highest BCUT2D eigenvalue weighted by molar-refractivity contribution is 5.93. The molecular weight excluding hydrogens is 158 g/mol. The Bertz CT molecular complexity index is 304. The fourth-order valence-corrected chi connectivity index (χ4v) is 0.827. The lowest BCUT2D eigenvalue weighted by Gasteiger charge is -1.95. The SMILES string of the molecule is CC(C)c1nc(C(N)=O)c(O)[nH]1. The van der Waals surface area contributed by atoms with Crippen LogP contribution in [0.4, 0.5) is 0 Å². The molecule has 1 rings (SSSR count). The number of nitrogens with two attached hydrogens (primary N) is 1. The van der Waals surface area contributed by atoms with Crippen LogP contribution in [-0.2, 0) is 0 Å². The number of H-pyrrole nitrogens is 1. The summed E-state index contributed by atoms with van der Waals surface area (Å²) in [5.74, 6) is -0.299. The third-order valence-electron chi connectivity index (χ3n) is 1.48. The maximum absolute atomic E-state index is 10.6. The van der Waals surface area contributed by atoms with Crippen molar-refractivity contribution in [2.75, 3.05) is 0 Å². The summed E-state index contributed by atoms with van der Waals surface area (Å²) >= 11 is 0. The van der Waals surface area contributed by atoms with Crippen LogP contribution in [0.25, 0.3) is 0 Å². The van der Waals surface area contributed by atoms with Crippen LogP contribution < -0.4 is 5.73 Å². The van der Waals surface area contributed by atoms with E-state index in [-0.39, 0.29) is 17.5 Å². The lowest BCUT2D eigenvalue weighted by Crippen LogP contribution is -2.11. The molecule has 0 saturated heterocycles. The van der Waals surface area contributed by atoms with Crippen molar-refractivity contribution >= 4 is 5.91 Å². The predicted octanol–water partition coefficient (Wildman–Crippen LogP) is 0.338. The number of amides is 1. The van der Waals surface area contributed by atoms with Gasteiger partial charge in [-0.05, 0) is 0 Å². The molecule has 0 aliphatic heterocycles. The third-order valence-corrected chi connectivity index (χ3v) is 1.48. The van der Waals surface area contributed by atoms with Crippen molar-refractivity contribution in [3.05, 3.63) is 11.5 Å². The van der Waals surface area contributed by atoms with Crippen molar-refractivity contribution in [1.29, 1.82) is 0 Å². The number of nitrogens with zero attached hydrogens (tertiary/aromatic N) is 1. The molecule has 4 N–H and O–H groups in total. The van der Waals surface area contributed by atoms with Gasteiger partial charge in [-0.1, -0.05) is 13.8 Å². The first-order valence-corrected chi connectivity index (χ1v) is 3.61. The molecule has 0 fully saturated rings. The second kappa shape index (κ2) is 2.84. The molecule has 0 spiro atoms. The van der Waals surface area contributed by atoms with Gasteiger partial charge in [-0.3, -0.25) is 4.79 Å². The van der Waals surface area contributed by atoms with Crippen LogP contribution in [0.15, 0.2) is 0 Å². The van der Waals surface area contributed by atoms with Crippen molar-refractivity contribution in [3.63, 3.8) is 0 Å². The zero-order chi connectivity index (χ0) is 9.30. The van der Waals surface area contributed by atoms with E-state index in [2.05, 4.69) is 9.97 Å². The summed E-state index contributed by atoms with van der Waals surface area (Å²) in [5, 5.41) is 9.13. The van der Waals surface area contributed by atoms with Gasteiger partial charge in [0.15, 0.2) is 5.69 Å². The fraction of sp³-hybridized carbons (Fsp3) is 0.429. The molecule has 1 aromatic rings. The number of nitrogens with one attached hydrogen (secondary N) is 1. The second-order valence-corrected chi connectivity index (χ2v) is 2.84. The normalized spacial score (nSPS) is 10.6. The molecule has 0 aliphatic carbocycles. The number of primary amides is 1. The van der Waals surface area contributed by atoms with Crippen LogP contribution in [0.1, 0.15) is 36.1 Å². The molecule has 0 saturated carbocycles. The molecule has 1 amide bonds. The molecule has 1 heterocycles. The summed E-state index contributed by atoms with van der Waals surface area (Å²) in [7, 11) is 0. The van der Waals surface area contributed by atoms with Crippen molar-refractivity contribution in [2.45, 2.75) is 19.8 Å². The Morgan fingerprint density at radius 1 is 1.67 bits per heavy atom. The molecule has 0 atom stereocenters. The molecule has 66 valence electrons. The topological polar surface area (TPSA) is 92.0 Å². The Hall–Kier alpha value is -1.52. The minimum absolute atomic E-state index is 0.0984. The van der Waals surface area contributed by atoms with E-state index in [4.69, 9.17) is 10.8 Å². The van der Waals surface area contributed by atoms with Crippen LogP contribution in [0, 0.1) is 0 Å². The molecule has 12 heavy (non-hydrogen) atoms. The van der Waals surface area contributed by atoms with Gasteiger partial charge in [0.05, 0.1) is 0 Å². The number of imidazole rings is 1. The minimum atomic E-state index is -0.726. The van der Waals surface area contributed by atoms with Gasteiger partial charge in [0.25, 0.3) is 5.91 Å². The van der Waals surface area contributed by atoms with Crippen LogP contribution in [0.2, 0.25) is 0 Å². The Morgan fingerprint density at radius 3 is 2.50 bits per heavy atom. The number of aromatic amines is 1. The maximum atomic E-state index is 10.6. The van der Waals surface area contributed by atoms with Crippen molar-refractivity contribution in [1.82, 2.24) is 9.97 Å². The third kappa shape index (κ3) is 1.39. The first-order valence-electron chi connectivity index (χ1n) is 3.61. The average molecular weight is 169 g/mol. The maximum Gasteiger partial charge on any atom is 0.272 e. The van der Waals surface area contributed by atoms with E-state index >= 15 is 0 Å². The van der Waals surface area contributed by atoms with Crippen LogP contribution >= 0.6 is 0 Å². The molecule has 1 aromatic heterocycles. The van der Waals surface area contributed by atoms with Gasteiger partial charge >= 0.3 is 0 Å². The van der Waals surface area contributed by atoms with Gasteiger partial charge in [0.2, 0.25) is 5.88 Å². The number of aromatic nitrogens is 2. The van der Waals surface area contributed by atoms with E-state index in [0.29, 0.717) is 5.82 Å². The van der Waals surface area contributed by atoms with E-state index in [9.17, 15) is 4.79 Å². The lowest BCUT2D eigenvalue weighted by molar-refractivity contribution is 0.0993. The number of carbonyl (C=O) groups is 1. The number of aromatic hydroxyl groups is 1. The summed E-state index contributed by atoms with van der Waals surface area (Å²) in [6.45, 7) is 3.78. The van der Waals surface area contributed by atoms with E-state index in [1.807, 2.05) is 13.8 Å². The second-order valence-electron chi connectivity index (χ2n) is 2.84. The number of hydrogen-bond donors (Lipinski definition) is 3. The van der Waals surface area contributed by atoms with Crippen LogP contribution in [0.3, 0.4) is 0 Å². The monoisotopic (exact) mass is 169 g/mol. The van der Waals surface area contributed by atoms with Gasteiger partial charge in [-0.25, -0.2) is 4.98 Å². The van der Waals surface area contributed by atoms with Crippen molar-refractivity contribution in [2.24, 2.45) is 5.73 Å². The van der Waals surface area contributed by atoms with E-state index < -0.39 is 5.91 Å². The molecule has 0 unspecified atom stereocenters. The average Bonchev–Trinajstić information content (AvgIpc) is 2.30. The molecule has 0 bridgehead atoms. The molecule has 5 heteroatoms. The minimum Gasteiger partial charge on any atom is -0.493 e. The van der Waals surface area contributed by atoms with Gasteiger partial charge < -0.3 is 15.8 Å². The van der Waals surface area contributed by atoms with Gasteiger partial charge in [0.1, 0.15) is 5.82 Å². The summed E-state index contributed by atoms with van der Waals surface area (Å²) in [6.07, 6.45) is 0. The van der Waals surface area contributed by atoms with E-state index in [1.54, 1.807) is 0 Å². The first kappa shape index (κ1) is 8.58. The Morgan fingerprint density at radius 2 is 2.25 bits per heavy atom. The molecular formula is C7H11N3O2. The van der Waals surface area contributed by atoms with E-state index in [1.165, 1.54) is 0 Å². The zero-order valence-electron chi connectivity index (χ0n) is 6.96. The van der Waals surface area contributed by atoms with Crippen molar-refractivity contribution < 1.29 is 9.90 Å². The summed E-state index contributed by atoms with van der Waals surface area (Å²) in [5.41, 5.74) is 4.85. The molecule has 0 aliphatic rings. The fourth-order valence-electron chi connectivity index (χ4n) is 0.827. The Kier molecular flexibility index (Phi) is 2.03. The molecule has 0 radical (unpaired) electrons. The number of rotatable bonds is 2. The summed E-state index contributed by atoms with van der Waals surface area (Å²) in [4.78, 5) is 17.0. The summed E-state index contributed by atoms with van der Waals surface area (Å²) in [6, 6.07) is 0. The summed E-state index contributed by atoms with van der Waals surface area (Å²) < 4.78 is 0. The number of hydrogen-bond acceptors (Lipinski definition) is 3. The highest BCUT2D eigenvalue weighted by Gasteiger charge is 2.15. The van der Waals surface area contributed by atoms with Gasteiger partial charge in [0, 0.05) is 5.92 Å². The predicted molar refractivity (Wildman–Crippen MR) is 42.9 cm³/mol. The van der Waals surface area contributed by atoms with Crippen LogP contribution in [0.5, 0.6) is 5.88 Å². The quantitative estimate of drug-likeness (QED) is 0.596. The van der Waals surface area contributed by atoms with Crippen LogP contribution in [-0.4, -0.2) is 21.0 Å². The van der Waals surface area contributed by atoms with Gasteiger partial charge in [-0.2, -0.15) is 0 Å². The van der Waals surface area contributed by atoms with Crippen molar-refractivity contribution in [3.8, 4) is 5.88 Å². The molecule has 0 aromatic carbocycles. The lowest BCUT2D eigenvalue weighted by atomic mass is 10.2. The highest BCUT2D eigenvalue weighted by atomic mass is 16.3. The Balaban J connectivity index is 3.09. The van der Waals surface area contributed by atoms with Gasteiger partial charge in [-0.15, -0.1) is 0 Å². The number of carbonyl (C=O) groups excluding carboxylic acids is 1. The Labute approximate surface area is 69.6 Å². The highest BCUT2D eigenvalue weighted by Crippen LogP contribution is 2.17. The standard InChI is InChI=1S/C7H11N3O2/c1-3(2)6-9-4(5(8)11)7(12)10-6/h3,12H,1-2H3,(H2,8,11)(H,9,10). The first-order chi connectivity index (χ1) is 5.52. The van der Waals surface area contributed by atoms with E-state index in [0.717, 1.165) is 0 Å². The molecule has 5 nitrogen and oxygen atoms in total.